The number of aromatic nitrogens is 2. The van der Waals surface area contributed by atoms with Crippen molar-refractivity contribution in [1.29, 1.82) is 10.5 Å². The first kappa shape index (κ1) is 19.4. The summed E-state index contributed by atoms with van der Waals surface area (Å²) in [6, 6.07) is 16.7. The van der Waals surface area contributed by atoms with Gasteiger partial charge in [-0.3, -0.25) is 9.80 Å². The van der Waals surface area contributed by atoms with E-state index < -0.39 is 0 Å². The van der Waals surface area contributed by atoms with Gasteiger partial charge in [0.2, 0.25) is 0 Å². The Labute approximate surface area is 181 Å². The molecule has 0 aromatic carbocycles. The molecule has 0 atom stereocenters. The molecular weight excluding hydrogens is 384 g/mol. The Morgan fingerprint density at radius 3 is 1.61 bits per heavy atom. The van der Waals surface area contributed by atoms with Crippen molar-refractivity contribution in [1.82, 2.24) is 18.6 Å². The molecule has 1 fully saturated rings. The number of hydrogen-bond donors (Lipinski definition) is 0. The van der Waals surface area contributed by atoms with Crippen LogP contribution in [0.15, 0.2) is 61.2 Å². The quantitative estimate of drug-likeness (QED) is 0.517. The van der Waals surface area contributed by atoms with E-state index >= 15 is 0 Å². The van der Waals surface area contributed by atoms with Crippen LogP contribution in [0, 0.1) is 22.7 Å². The molecule has 5 rings (SSSR count). The Morgan fingerprint density at radius 2 is 1.16 bits per heavy atom. The summed E-state index contributed by atoms with van der Waals surface area (Å²) in [4.78, 5) is 4.88. The fourth-order valence-corrected chi connectivity index (χ4v) is 4.68. The second kappa shape index (κ2) is 8.28. The summed E-state index contributed by atoms with van der Waals surface area (Å²) in [7, 11) is 0. The molecule has 0 spiro atoms. The molecule has 0 saturated carbocycles. The lowest BCUT2D eigenvalue weighted by Gasteiger charge is -2.21. The normalized spacial score (nSPS) is 15.7. The lowest BCUT2D eigenvalue weighted by molar-refractivity contribution is 0.247. The van der Waals surface area contributed by atoms with Crippen LogP contribution < -0.4 is 0 Å². The van der Waals surface area contributed by atoms with E-state index in [9.17, 15) is 10.5 Å². The molecule has 5 heterocycles. The van der Waals surface area contributed by atoms with Crippen molar-refractivity contribution in [2.45, 2.75) is 19.5 Å². The number of rotatable bonds is 4. The van der Waals surface area contributed by atoms with E-state index in [1.807, 2.05) is 57.6 Å². The Morgan fingerprint density at radius 1 is 0.677 bits per heavy atom. The summed E-state index contributed by atoms with van der Waals surface area (Å²) in [5, 5.41) is 19.4. The molecule has 0 unspecified atom stereocenters. The summed E-state index contributed by atoms with van der Waals surface area (Å²) in [6.45, 7) is 5.50. The maximum Gasteiger partial charge on any atom is 0.102 e. The SMILES string of the molecule is N#Cc1c(CN2CCCN(Cc3cn4ccccc4c3C#N)CC2)cn2ccccc12. The van der Waals surface area contributed by atoms with Gasteiger partial charge in [-0.15, -0.1) is 0 Å². The van der Waals surface area contributed by atoms with Crippen LogP contribution in [0.2, 0.25) is 0 Å². The zero-order chi connectivity index (χ0) is 21.2. The highest BCUT2D eigenvalue weighted by molar-refractivity contribution is 5.65. The number of nitrogens with zero attached hydrogens (tertiary/aromatic N) is 6. The zero-order valence-corrected chi connectivity index (χ0v) is 17.4. The second-order valence-corrected chi connectivity index (χ2v) is 8.17. The molecule has 1 saturated heterocycles. The van der Waals surface area contributed by atoms with Gasteiger partial charge in [0.05, 0.1) is 22.2 Å². The molecule has 6 heteroatoms. The van der Waals surface area contributed by atoms with Gasteiger partial charge in [-0.05, 0) is 43.8 Å². The molecule has 0 amide bonds. The van der Waals surface area contributed by atoms with Gasteiger partial charge < -0.3 is 8.80 Å². The minimum absolute atomic E-state index is 0.779. The molecule has 0 bridgehead atoms. The van der Waals surface area contributed by atoms with Crippen LogP contribution >= 0.6 is 0 Å². The maximum absolute atomic E-state index is 9.69. The van der Waals surface area contributed by atoms with Crippen molar-refractivity contribution in [2.24, 2.45) is 0 Å². The lowest BCUT2D eigenvalue weighted by atomic mass is 10.1. The Kier molecular flexibility index (Phi) is 5.18. The van der Waals surface area contributed by atoms with Crippen molar-refractivity contribution in [3.05, 3.63) is 83.4 Å². The van der Waals surface area contributed by atoms with E-state index in [-0.39, 0.29) is 0 Å². The monoisotopic (exact) mass is 408 g/mol. The predicted octanol–water partition coefficient (Wildman–Crippen LogP) is 3.64. The fourth-order valence-electron chi connectivity index (χ4n) is 4.68. The molecule has 31 heavy (non-hydrogen) atoms. The average molecular weight is 409 g/mol. The van der Waals surface area contributed by atoms with Crippen LogP contribution in [0.4, 0.5) is 0 Å². The Balaban J connectivity index is 1.29. The fraction of sp³-hybridized carbons (Fsp3) is 0.280. The number of hydrogen-bond acceptors (Lipinski definition) is 4. The lowest BCUT2D eigenvalue weighted by Crippen LogP contribution is -2.30. The van der Waals surface area contributed by atoms with E-state index in [1.54, 1.807) is 0 Å². The summed E-state index contributed by atoms with van der Waals surface area (Å²) >= 11 is 0. The highest BCUT2D eigenvalue weighted by Crippen LogP contribution is 2.22. The summed E-state index contributed by atoms with van der Waals surface area (Å²) in [5.41, 5.74) is 5.68. The van der Waals surface area contributed by atoms with Crippen molar-refractivity contribution < 1.29 is 0 Å². The first-order valence-electron chi connectivity index (χ1n) is 10.7. The second-order valence-electron chi connectivity index (χ2n) is 8.17. The van der Waals surface area contributed by atoms with Gasteiger partial charge in [-0.2, -0.15) is 10.5 Å². The molecule has 6 nitrogen and oxygen atoms in total. The Bertz CT molecular complexity index is 1210. The van der Waals surface area contributed by atoms with Crippen LogP contribution in [0.1, 0.15) is 28.7 Å². The van der Waals surface area contributed by atoms with Gasteiger partial charge in [0.1, 0.15) is 12.1 Å². The third kappa shape index (κ3) is 3.68. The highest BCUT2D eigenvalue weighted by atomic mass is 15.2. The molecule has 1 aliphatic heterocycles. The minimum Gasteiger partial charge on any atom is -0.322 e. The summed E-state index contributed by atoms with van der Waals surface area (Å²) in [5.74, 6) is 0. The molecular formula is C25H24N6. The molecule has 0 N–H and O–H groups in total. The van der Waals surface area contributed by atoms with Gasteiger partial charge >= 0.3 is 0 Å². The summed E-state index contributed by atoms with van der Waals surface area (Å²) in [6.07, 6.45) is 9.24. The predicted molar refractivity (Wildman–Crippen MR) is 119 cm³/mol. The van der Waals surface area contributed by atoms with Crippen LogP contribution in [-0.4, -0.2) is 44.8 Å². The van der Waals surface area contributed by atoms with E-state index in [0.29, 0.717) is 0 Å². The molecule has 1 aliphatic rings. The molecule has 0 aliphatic carbocycles. The molecule has 4 aromatic heterocycles. The minimum atomic E-state index is 0.779. The van der Waals surface area contributed by atoms with Crippen LogP contribution in [-0.2, 0) is 13.1 Å². The first-order valence-corrected chi connectivity index (χ1v) is 10.7. The van der Waals surface area contributed by atoms with Crippen molar-refractivity contribution in [3.63, 3.8) is 0 Å². The number of nitriles is 2. The summed E-state index contributed by atoms with van der Waals surface area (Å²) < 4.78 is 4.08. The standard InChI is InChI=1S/C25H24N6/c26-14-22-20(18-30-10-3-1-6-24(22)30)16-28-8-5-9-29(13-12-28)17-21-19-31-11-4-2-7-25(31)23(21)15-27/h1-4,6-7,10-11,18-19H,5,8-9,12-13,16-17H2. The third-order valence-electron chi connectivity index (χ3n) is 6.22. The van der Waals surface area contributed by atoms with E-state index in [4.69, 9.17) is 0 Å². The number of fused-ring (bicyclic) bond motifs is 2. The van der Waals surface area contributed by atoms with E-state index in [2.05, 4.69) is 34.3 Å². The highest BCUT2D eigenvalue weighted by Gasteiger charge is 2.20. The topological polar surface area (TPSA) is 62.9 Å². The maximum atomic E-state index is 9.69. The van der Waals surface area contributed by atoms with Gasteiger partial charge in [-0.25, -0.2) is 0 Å². The zero-order valence-electron chi connectivity index (χ0n) is 17.4. The molecule has 154 valence electrons. The largest absolute Gasteiger partial charge is 0.322 e. The Hall–Kier alpha value is -3.58. The van der Waals surface area contributed by atoms with Crippen molar-refractivity contribution >= 4 is 11.0 Å². The van der Waals surface area contributed by atoms with Gasteiger partial charge in [0.25, 0.3) is 0 Å². The van der Waals surface area contributed by atoms with Crippen molar-refractivity contribution in [3.8, 4) is 12.1 Å². The third-order valence-corrected chi connectivity index (χ3v) is 6.22. The smallest absolute Gasteiger partial charge is 0.102 e. The van der Waals surface area contributed by atoms with Crippen LogP contribution in [0.5, 0.6) is 0 Å². The first-order chi connectivity index (χ1) is 15.3. The van der Waals surface area contributed by atoms with Crippen LogP contribution in [0.25, 0.3) is 11.0 Å². The van der Waals surface area contributed by atoms with Gasteiger partial charge in [0.15, 0.2) is 0 Å². The van der Waals surface area contributed by atoms with Gasteiger partial charge in [0, 0.05) is 62.1 Å². The molecule has 4 aromatic rings. The average Bonchev–Trinajstić information content (AvgIpc) is 3.24. The van der Waals surface area contributed by atoms with Gasteiger partial charge in [-0.1, -0.05) is 12.1 Å². The molecule has 0 radical (unpaired) electrons. The van der Waals surface area contributed by atoms with Crippen molar-refractivity contribution in [2.75, 3.05) is 26.2 Å². The number of pyridine rings is 2. The van der Waals surface area contributed by atoms with Crippen LogP contribution in [0.3, 0.4) is 0 Å². The van der Waals surface area contributed by atoms with E-state index in [0.717, 1.165) is 79.0 Å². The van der Waals surface area contributed by atoms with E-state index in [1.165, 1.54) is 0 Å².